The highest BCUT2D eigenvalue weighted by Crippen LogP contribution is 2.41. The highest BCUT2D eigenvalue weighted by molar-refractivity contribution is 5.73. The molecule has 1 aliphatic heterocycles. The third-order valence-electron chi connectivity index (χ3n) is 7.25. The Bertz CT molecular complexity index is 1180. The Hall–Kier alpha value is -3.67. The Kier molecular flexibility index (Phi) is 6.80. The van der Waals surface area contributed by atoms with Crippen molar-refractivity contribution in [2.75, 3.05) is 36.4 Å². The number of aromatic nitrogens is 2. The molecule has 5 rings (SSSR count). The van der Waals surface area contributed by atoms with Gasteiger partial charge in [0, 0.05) is 62.2 Å². The molecule has 2 heterocycles. The topological polar surface area (TPSA) is 61.4 Å². The maximum Gasteiger partial charge on any atom is 0.227 e. The lowest BCUT2D eigenvalue weighted by molar-refractivity contribution is -0.129. The maximum atomic E-state index is 11.6. The van der Waals surface area contributed by atoms with Crippen molar-refractivity contribution in [3.63, 3.8) is 0 Å². The van der Waals surface area contributed by atoms with Crippen molar-refractivity contribution in [2.45, 2.75) is 38.5 Å². The first-order valence-corrected chi connectivity index (χ1v) is 12.6. The number of allylic oxidation sites excluding steroid dienone is 1. The standard InChI is InChI=1S/C29H33N5O/c1-3-26(22-8-5-4-6-9-22)27-11-7-10-23-20-30-29(32-28(23)27)31-24-12-14-25(15-13-24)34-18-16-33(17-19-34)21(2)35/h4-10,12-15,20,26-27H,3,11,16-19H2,1-2H3,(H,30,31,32). The Morgan fingerprint density at radius 2 is 1.80 bits per heavy atom. The van der Waals surface area contributed by atoms with E-state index in [1.165, 1.54) is 11.3 Å². The van der Waals surface area contributed by atoms with Gasteiger partial charge in [-0.15, -0.1) is 0 Å². The Morgan fingerprint density at radius 1 is 1.06 bits per heavy atom. The second kappa shape index (κ2) is 10.3. The second-order valence-electron chi connectivity index (χ2n) is 9.37. The molecule has 1 aromatic heterocycles. The Balaban J connectivity index is 1.31. The van der Waals surface area contributed by atoms with E-state index in [-0.39, 0.29) is 5.91 Å². The summed E-state index contributed by atoms with van der Waals surface area (Å²) in [5, 5.41) is 3.41. The number of fused-ring (bicyclic) bond motifs is 1. The SMILES string of the molecule is CCC(c1ccccc1)C1CC=Cc2cnc(Nc3ccc(N4CCN(C(C)=O)CC4)cc3)nc21. The van der Waals surface area contributed by atoms with Gasteiger partial charge in [-0.1, -0.05) is 49.4 Å². The number of anilines is 3. The lowest BCUT2D eigenvalue weighted by Crippen LogP contribution is -2.48. The molecule has 2 atom stereocenters. The summed E-state index contributed by atoms with van der Waals surface area (Å²) in [5.74, 6) is 1.54. The molecule has 0 radical (unpaired) electrons. The predicted octanol–water partition coefficient (Wildman–Crippen LogP) is 5.58. The maximum absolute atomic E-state index is 11.6. The van der Waals surface area contributed by atoms with Crippen molar-refractivity contribution in [3.8, 4) is 0 Å². The van der Waals surface area contributed by atoms with E-state index < -0.39 is 0 Å². The van der Waals surface area contributed by atoms with E-state index in [2.05, 4.69) is 88.9 Å². The number of carbonyl (C=O) groups is 1. The van der Waals surface area contributed by atoms with Gasteiger partial charge in [-0.2, -0.15) is 0 Å². The zero-order chi connectivity index (χ0) is 24.2. The molecule has 180 valence electrons. The van der Waals surface area contributed by atoms with Crippen molar-refractivity contribution in [1.29, 1.82) is 0 Å². The van der Waals surface area contributed by atoms with Crippen molar-refractivity contribution in [1.82, 2.24) is 14.9 Å². The van der Waals surface area contributed by atoms with Crippen LogP contribution in [0.15, 0.2) is 66.9 Å². The van der Waals surface area contributed by atoms with Crippen molar-refractivity contribution in [2.24, 2.45) is 0 Å². The third-order valence-corrected chi connectivity index (χ3v) is 7.25. The summed E-state index contributed by atoms with van der Waals surface area (Å²) in [6, 6.07) is 19.2. The quantitative estimate of drug-likeness (QED) is 0.513. The van der Waals surface area contributed by atoms with E-state index in [1.54, 1.807) is 6.92 Å². The average Bonchev–Trinajstić information content (AvgIpc) is 2.90. The summed E-state index contributed by atoms with van der Waals surface area (Å²) in [6.07, 6.45) is 8.39. The number of amides is 1. The van der Waals surface area contributed by atoms with E-state index in [4.69, 9.17) is 4.98 Å². The molecule has 6 nitrogen and oxygen atoms in total. The first kappa shape index (κ1) is 23.1. The molecule has 3 aromatic rings. The van der Waals surface area contributed by atoms with E-state index >= 15 is 0 Å². The van der Waals surface area contributed by atoms with E-state index in [1.807, 2.05) is 11.1 Å². The van der Waals surface area contributed by atoms with Gasteiger partial charge in [-0.25, -0.2) is 9.97 Å². The van der Waals surface area contributed by atoms with Crippen molar-refractivity contribution in [3.05, 3.63) is 83.7 Å². The minimum absolute atomic E-state index is 0.154. The van der Waals surface area contributed by atoms with Crippen LogP contribution in [-0.2, 0) is 4.79 Å². The first-order valence-electron chi connectivity index (χ1n) is 12.6. The second-order valence-corrected chi connectivity index (χ2v) is 9.37. The van der Waals surface area contributed by atoms with E-state index in [0.717, 1.165) is 56.0 Å². The molecule has 1 aliphatic carbocycles. The molecule has 0 saturated carbocycles. The number of nitrogens with one attached hydrogen (secondary N) is 1. The van der Waals surface area contributed by atoms with Gasteiger partial charge in [-0.3, -0.25) is 4.79 Å². The summed E-state index contributed by atoms with van der Waals surface area (Å²) in [7, 11) is 0. The number of piperazine rings is 1. The fourth-order valence-corrected chi connectivity index (χ4v) is 5.32. The van der Waals surface area contributed by atoms with Crippen molar-refractivity contribution < 1.29 is 4.79 Å². The van der Waals surface area contributed by atoms with Crippen LogP contribution in [0, 0.1) is 0 Å². The van der Waals surface area contributed by atoms with E-state index in [9.17, 15) is 4.79 Å². The first-order chi connectivity index (χ1) is 17.1. The van der Waals surface area contributed by atoms with Gasteiger partial charge in [0.2, 0.25) is 11.9 Å². The van der Waals surface area contributed by atoms with Crippen LogP contribution < -0.4 is 10.2 Å². The molecule has 2 aromatic carbocycles. The van der Waals surface area contributed by atoms with Crippen LogP contribution in [0.5, 0.6) is 0 Å². The number of carbonyl (C=O) groups excluding carboxylic acids is 1. The minimum Gasteiger partial charge on any atom is -0.368 e. The number of hydrogen-bond donors (Lipinski definition) is 1. The molecule has 2 unspecified atom stereocenters. The van der Waals surface area contributed by atoms with Gasteiger partial charge < -0.3 is 15.1 Å². The summed E-state index contributed by atoms with van der Waals surface area (Å²) >= 11 is 0. The molecular formula is C29H33N5O. The zero-order valence-electron chi connectivity index (χ0n) is 20.5. The lowest BCUT2D eigenvalue weighted by atomic mass is 9.77. The van der Waals surface area contributed by atoms with Crippen molar-refractivity contribution >= 4 is 29.3 Å². The van der Waals surface area contributed by atoms with Crippen LogP contribution in [0.2, 0.25) is 0 Å². The average molecular weight is 468 g/mol. The number of benzene rings is 2. The van der Waals surface area contributed by atoms with Gasteiger partial charge in [0.15, 0.2) is 0 Å². The molecule has 0 spiro atoms. The summed E-state index contributed by atoms with van der Waals surface area (Å²) in [6.45, 7) is 7.16. The molecule has 0 bridgehead atoms. The van der Waals surface area contributed by atoms with Gasteiger partial charge >= 0.3 is 0 Å². The number of rotatable bonds is 6. The number of nitrogens with zero attached hydrogens (tertiary/aromatic N) is 4. The summed E-state index contributed by atoms with van der Waals surface area (Å²) in [4.78, 5) is 25.4. The molecule has 1 amide bonds. The minimum atomic E-state index is 0.154. The van der Waals surface area contributed by atoms with Gasteiger partial charge in [0.05, 0.1) is 5.69 Å². The van der Waals surface area contributed by atoms with E-state index in [0.29, 0.717) is 17.8 Å². The van der Waals surface area contributed by atoms with Crippen LogP contribution in [0.1, 0.15) is 55.3 Å². The monoisotopic (exact) mass is 467 g/mol. The Morgan fingerprint density at radius 3 is 2.49 bits per heavy atom. The molecule has 1 N–H and O–H groups in total. The highest BCUT2D eigenvalue weighted by Gasteiger charge is 2.28. The van der Waals surface area contributed by atoms with Crippen LogP contribution in [0.4, 0.5) is 17.3 Å². The predicted molar refractivity (Wildman–Crippen MR) is 142 cm³/mol. The van der Waals surface area contributed by atoms with Crippen LogP contribution in [0.25, 0.3) is 6.08 Å². The molecular weight excluding hydrogens is 434 g/mol. The fourth-order valence-electron chi connectivity index (χ4n) is 5.32. The molecule has 6 heteroatoms. The smallest absolute Gasteiger partial charge is 0.227 e. The lowest BCUT2D eigenvalue weighted by Gasteiger charge is -2.35. The summed E-state index contributed by atoms with van der Waals surface area (Å²) < 4.78 is 0. The third kappa shape index (κ3) is 5.06. The van der Waals surface area contributed by atoms with Crippen LogP contribution >= 0.6 is 0 Å². The zero-order valence-corrected chi connectivity index (χ0v) is 20.5. The highest BCUT2D eigenvalue weighted by atomic mass is 16.2. The number of hydrogen-bond acceptors (Lipinski definition) is 5. The normalized spacial score (nSPS) is 18.2. The van der Waals surface area contributed by atoms with Gasteiger partial charge in [0.25, 0.3) is 0 Å². The molecule has 1 saturated heterocycles. The van der Waals surface area contributed by atoms with Crippen LogP contribution in [0.3, 0.4) is 0 Å². The largest absolute Gasteiger partial charge is 0.368 e. The Labute approximate surface area is 207 Å². The fraction of sp³-hybridized carbons (Fsp3) is 0.345. The summed E-state index contributed by atoms with van der Waals surface area (Å²) in [5.41, 5.74) is 5.74. The van der Waals surface area contributed by atoms with Gasteiger partial charge in [-0.05, 0) is 48.6 Å². The molecule has 2 aliphatic rings. The van der Waals surface area contributed by atoms with Crippen LogP contribution in [-0.4, -0.2) is 47.0 Å². The molecule has 35 heavy (non-hydrogen) atoms. The molecule has 1 fully saturated rings. The van der Waals surface area contributed by atoms with Gasteiger partial charge in [0.1, 0.15) is 0 Å².